The minimum atomic E-state index is -0.307. The molecule has 0 bridgehead atoms. The molecule has 0 aliphatic heterocycles. The van der Waals surface area contributed by atoms with Gasteiger partial charge in [0.25, 0.3) is 0 Å². The molecule has 2 rings (SSSR count). The summed E-state index contributed by atoms with van der Waals surface area (Å²) in [6, 6.07) is 3.74. The minimum absolute atomic E-state index is 0.211. The first-order chi connectivity index (χ1) is 9.45. The Balaban J connectivity index is 1.82. The van der Waals surface area contributed by atoms with E-state index in [9.17, 15) is 4.79 Å². The van der Waals surface area contributed by atoms with E-state index in [1.54, 1.807) is 6.26 Å². The van der Waals surface area contributed by atoms with Crippen LogP contribution in [0.2, 0.25) is 0 Å². The summed E-state index contributed by atoms with van der Waals surface area (Å²) in [5.74, 6) is 1.48. The van der Waals surface area contributed by atoms with Crippen molar-refractivity contribution in [3.63, 3.8) is 0 Å². The van der Waals surface area contributed by atoms with E-state index in [-0.39, 0.29) is 11.2 Å². The lowest BCUT2D eigenvalue weighted by Gasteiger charge is -2.15. The quantitative estimate of drug-likeness (QED) is 0.824. The van der Waals surface area contributed by atoms with Crippen molar-refractivity contribution >= 4 is 34.0 Å². The number of ketones is 1. The molecule has 0 unspecified atom stereocenters. The van der Waals surface area contributed by atoms with Crippen LogP contribution >= 0.6 is 23.1 Å². The van der Waals surface area contributed by atoms with Crippen LogP contribution in [-0.2, 0) is 11.3 Å². The number of nitrogens with one attached hydrogen (secondary N) is 1. The zero-order valence-corrected chi connectivity index (χ0v) is 13.3. The summed E-state index contributed by atoms with van der Waals surface area (Å²) in [5, 5.41) is 12.0. The molecular weight excluding hydrogens is 294 g/mol. The van der Waals surface area contributed by atoms with Gasteiger partial charge in [0.05, 0.1) is 18.6 Å². The van der Waals surface area contributed by atoms with Gasteiger partial charge < -0.3 is 9.73 Å². The van der Waals surface area contributed by atoms with E-state index in [1.165, 1.54) is 23.1 Å². The zero-order valence-electron chi connectivity index (χ0n) is 11.7. The summed E-state index contributed by atoms with van der Waals surface area (Å²) in [7, 11) is 0. The Morgan fingerprint density at radius 3 is 2.90 bits per heavy atom. The largest absolute Gasteiger partial charge is 0.467 e. The van der Waals surface area contributed by atoms with Crippen LogP contribution in [0.15, 0.2) is 27.2 Å². The average molecular weight is 311 g/mol. The van der Waals surface area contributed by atoms with Crippen molar-refractivity contribution in [2.24, 2.45) is 5.41 Å². The number of Topliss-reactive ketones (excluding diaryl/α,β-unsaturated/α-hetero) is 1. The third-order valence-corrected chi connectivity index (χ3v) is 4.58. The fourth-order valence-corrected chi connectivity index (χ4v) is 3.17. The van der Waals surface area contributed by atoms with Crippen LogP contribution in [0.4, 0.5) is 5.13 Å². The first-order valence-electron chi connectivity index (χ1n) is 6.21. The molecule has 0 saturated carbocycles. The number of carbonyl (C=O) groups is 1. The SMILES string of the molecule is CC(C)(C)C(=O)CSc1nnc(NCc2ccco2)s1. The number of rotatable bonds is 6. The van der Waals surface area contributed by atoms with Gasteiger partial charge in [-0.1, -0.05) is 43.9 Å². The zero-order chi connectivity index (χ0) is 14.6. The maximum Gasteiger partial charge on any atom is 0.206 e. The van der Waals surface area contributed by atoms with E-state index in [4.69, 9.17) is 4.42 Å². The highest BCUT2D eigenvalue weighted by Crippen LogP contribution is 2.28. The number of hydrogen-bond acceptors (Lipinski definition) is 7. The van der Waals surface area contributed by atoms with E-state index < -0.39 is 0 Å². The second kappa shape index (κ2) is 6.41. The summed E-state index contributed by atoms with van der Waals surface area (Å²) in [4.78, 5) is 11.8. The molecule has 108 valence electrons. The lowest BCUT2D eigenvalue weighted by Crippen LogP contribution is -2.21. The molecule has 2 aromatic heterocycles. The lowest BCUT2D eigenvalue weighted by molar-refractivity contribution is -0.123. The van der Waals surface area contributed by atoms with Crippen LogP contribution < -0.4 is 5.32 Å². The predicted molar refractivity (Wildman–Crippen MR) is 81.1 cm³/mol. The van der Waals surface area contributed by atoms with E-state index in [2.05, 4.69) is 15.5 Å². The Kier molecular flexibility index (Phi) is 4.82. The molecule has 0 aliphatic rings. The van der Waals surface area contributed by atoms with Gasteiger partial charge in [0.15, 0.2) is 4.34 Å². The van der Waals surface area contributed by atoms with Gasteiger partial charge >= 0.3 is 0 Å². The van der Waals surface area contributed by atoms with Crippen LogP contribution in [0.3, 0.4) is 0 Å². The standard InChI is InChI=1S/C13H17N3O2S2/c1-13(2,3)10(17)8-19-12-16-15-11(20-12)14-7-9-5-4-6-18-9/h4-6H,7-8H2,1-3H3,(H,14,15). The number of nitrogens with zero attached hydrogens (tertiary/aromatic N) is 2. The number of furan rings is 1. The Bertz CT molecular complexity index is 558. The van der Waals surface area contributed by atoms with Crippen molar-refractivity contribution in [3.8, 4) is 0 Å². The van der Waals surface area contributed by atoms with E-state index in [1.807, 2.05) is 32.9 Å². The first kappa shape index (κ1) is 15.1. The average Bonchev–Trinajstić information content (AvgIpc) is 3.03. The number of thioether (sulfide) groups is 1. The van der Waals surface area contributed by atoms with E-state index >= 15 is 0 Å². The summed E-state index contributed by atoms with van der Waals surface area (Å²) >= 11 is 2.87. The monoisotopic (exact) mass is 311 g/mol. The van der Waals surface area contributed by atoms with Crippen molar-refractivity contribution < 1.29 is 9.21 Å². The summed E-state index contributed by atoms with van der Waals surface area (Å²) in [6.07, 6.45) is 1.64. The first-order valence-corrected chi connectivity index (χ1v) is 8.01. The normalized spacial score (nSPS) is 11.6. The van der Waals surface area contributed by atoms with Crippen molar-refractivity contribution in [1.29, 1.82) is 0 Å². The second-order valence-corrected chi connectivity index (χ2v) is 7.47. The van der Waals surface area contributed by atoms with Crippen LogP contribution in [-0.4, -0.2) is 21.7 Å². The summed E-state index contributed by atoms with van der Waals surface area (Å²) in [6.45, 7) is 6.35. The van der Waals surface area contributed by atoms with Gasteiger partial charge in [-0.3, -0.25) is 4.79 Å². The topological polar surface area (TPSA) is 68.0 Å². The lowest BCUT2D eigenvalue weighted by atomic mass is 9.92. The highest BCUT2D eigenvalue weighted by atomic mass is 32.2. The highest BCUT2D eigenvalue weighted by molar-refractivity contribution is 8.01. The molecule has 0 aliphatic carbocycles. The van der Waals surface area contributed by atoms with Gasteiger partial charge in [-0.2, -0.15) is 0 Å². The Labute approximate surface area is 126 Å². The second-order valence-electron chi connectivity index (χ2n) is 5.27. The maximum atomic E-state index is 11.8. The van der Waals surface area contributed by atoms with Crippen molar-refractivity contribution in [2.75, 3.05) is 11.1 Å². The molecule has 5 nitrogen and oxygen atoms in total. The fraction of sp³-hybridized carbons (Fsp3) is 0.462. The molecule has 0 atom stereocenters. The molecule has 20 heavy (non-hydrogen) atoms. The van der Waals surface area contributed by atoms with Crippen molar-refractivity contribution in [2.45, 2.75) is 31.7 Å². The van der Waals surface area contributed by atoms with Gasteiger partial charge in [-0.15, -0.1) is 10.2 Å². The summed E-state index contributed by atoms with van der Waals surface area (Å²) < 4.78 is 6.02. The Hall–Kier alpha value is -1.34. The third-order valence-electron chi connectivity index (χ3n) is 2.56. The fourth-order valence-electron chi connectivity index (χ4n) is 1.26. The molecular formula is C13H17N3O2S2. The molecule has 2 aromatic rings. The molecule has 7 heteroatoms. The molecule has 0 aromatic carbocycles. The number of hydrogen-bond donors (Lipinski definition) is 1. The number of anilines is 1. The van der Waals surface area contributed by atoms with E-state index in [0.29, 0.717) is 12.3 Å². The van der Waals surface area contributed by atoms with Gasteiger partial charge in [0, 0.05) is 5.41 Å². The molecule has 0 radical (unpaired) electrons. The van der Waals surface area contributed by atoms with Gasteiger partial charge in [0.1, 0.15) is 11.5 Å². The van der Waals surface area contributed by atoms with Gasteiger partial charge in [0.2, 0.25) is 5.13 Å². The van der Waals surface area contributed by atoms with Crippen LogP contribution in [0.1, 0.15) is 26.5 Å². The molecule has 0 amide bonds. The van der Waals surface area contributed by atoms with Crippen molar-refractivity contribution in [1.82, 2.24) is 10.2 Å². The maximum absolute atomic E-state index is 11.8. The van der Waals surface area contributed by atoms with Gasteiger partial charge in [-0.25, -0.2) is 0 Å². The molecule has 0 spiro atoms. The Morgan fingerprint density at radius 1 is 1.45 bits per heavy atom. The minimum Gasteiger partial charge on any atom is -0.467 e. The smallest absolute Gasteiger partial charge is 0.206 e. The molecule has 0 saturated heterocycles. The van der Waals surface area contributed by atoms with Gasteiger partial charge in [-0.05, 0) is 12.1 Å². The third kappa shape index (κ3) is 4.35. The number of carbonyl (C=O) groups excluding carboxylic acids is 1. The van der Waals surface area contributed by atoms with Crippen LogP contribution in [0.25, 0.3) is 0 Å². The van der Waals surface area contributed by atoms with Crippen LogP contribution in [0.5, 0.6) is 0 Å². The summed E-state index contributed by atoms with van der Waals surface area (Å²) in [5.41, 5.74) is -0.307. The molecule has 1 N–H and O–H groups in total. The Morgan fingerprint density at radius 2 is 2.25 bits per heavy atom. The molecule has 0 fully saturated rings. The van der Waals surface area contributed by atoms with E-state index in [0.717, 1.165) is 15.2 Å². The van der Waals surface area contributed by atoms with Crippen molar-refractivity contribution in [3.05, 3.63) is 24.2 Å². The highest BCUT2D eigenvalue weighted by Gasteiger charge is 2.21. The number of aromatic nitrogens is 2. The predicted octanol–water partition coefficient (Wildman–Crippen LogP) is 3.45. The molecule has 2 heterocycles. The van der Waals surface area contributed by atoms with Crippen LogP contribution in [0, 0.1) is 5.41 Å².